The molecule has 0 radical (unpaired) electrons. The van der Waals surface area contributed by atoms with Crippen molar-refractivity contribution in [1.82, 2.24) is 4.57 Å². The number of hydrogen-bond donors (Lipinski definition) is 2. The second-order valence-electron chi connectivity index (χ2n) is 9.81. The summed E-state index contributed by atoms with van der Waals surface area (Å²) in [6.07, 6.45) is 5.22. The fourth-order valence-corrected chi connectivity index (χ4v) is 4.64. The largest absolute Gasteiger partial charge is 0.478 e. The minimum atomic E-state index is -1.11. The van der Waals surface area contributed by atoms with E-state index < -0.39 is 23.4 Å². The van der Waals surface area contributed by atoms with E-state index in [1.807, 2.05) is 49.3 Å². The van der Waals surface area contributed by atoms with Gasteiger partial charge in [-0.2, -0.15) is 5.01 Å². The first-order valence-electron chi connectivity index (χ1n) is 12.9. The Kier molecular flexibility index (Phi) is 7.28. The Morgan fingerprint density at radius 1 is 0.810 bits per heavy atom. The van der Waals surface area contributed by atoms with Gasteiger partial charge in [0, 0.05) is 25.0 Å². The molecule has 10 heteroatoms. The Morgan fingerprint density at radius 3 is 1.88 bits per heavy atom. The SMILES string of the molecule is Cc1c2c(n(-c3ccc(C(=O)O)cc3)c(=O)/c1=C\C=C\c1ccc(N(C)C)cc1)=NN(c1ccc(C(=O)O)cc1)C2=O. The van der Waals surface area contributed by atoms with Crippen LogP contribution in [0.15, 0.2) is 88.8 Å². The molecule has 5 rings (SSSR count). The topological polar surface area (TPSA) is 133 Å². The molecular formula is C32H26N4O6. The van der Waals surface area contributed by atoms with Crippen LogP contribution in [0, 0.1) is 6.92 Å². The van der Waals surface area contributed by atoms with Gasteiger partial charge in [0.1, 0.15) is 0 Å². The lowest BCUT2D eigenvalue weighted by molar-refractivity contribution is 0.0686. The maximum absolute atomic E-state index is 13.9. The molecule has 2 N–H and O–H groups in total. The summed E-state index contributed by atoms with van der Waals surface area (Å²) in [5.74, 6) is -2.71. The molecule has 1 aromatic heterocycles. The van der Waals surface area contributed by atoms with Crippen molar-refractivity contribution in [1.29, 1.82) is 0 Å². The van der Waals surface area contributed by atoms with Crippen LogP contribution in [0.5, 0.6) is 0 Å². The van der Waals surface area contributed by atoms with Crippen LogP contribution in [0.25, 0.3) is 17.8 Å². The molecule has 1 aliphatic rings. The Labute approximate surface area is 240 Å². The fourth-order valence-electron chi connectivity index (χ4n) is 4.64. The van der Waals surface area contributed by atoms with Crippen LogP contribution < -0.4 is 26.2 Å². The number of pyridine rings is 1. The van der Waals surface area contributed by atoms with E-state index in [0.717, 1.165) is 16.3 Å². The summed E-state index contributed by atoms with van der Waals surface area (Å²) in [7, 11) is 3.91. The number of carbonyl (C=O) groups is 3. The van der Waals surface area contributed by atoms with Crippen molar-refractivity contribution >= 4 is 41.4 Å². The molecule has 0 atom stereocenters. The van der Waals surface area contributed by atoms with E-state index in [1.165, 1.54) is 53.1 Å². The first kappa shape index (κ1) is 27.8. The van der Waals surface area contributed by atoms with E-state index in [2.05, 4.69) is 5.10 Å². The summed E-state index contributed by atoms with van der Waals surface area (Å²) in [4.78, 5) is 52.3. The monoisotopic (exact) mass is 562 g/mol. The van der Waals surface area contributed by atoms with Crippen LogP contribution in [0.2, 0.25) is 0 Å². The number of carboxylic acid groups (broad SMARTS) is 2. The smallest absolute Gasteiger partial charge is 0.335 e. The average Bonchev–Trinajstić information content (AvgIpc) is 3.32. The molecule has 0 saturated carbocycles. The number of aromatic carboxylic acids is 2. The molecule has 10 nitrogen and oxygen atoms in total. The van der Waals surface area contributed by atoms with Crippen LogP contribution in [0.3, 0.4) is 0 Å². The third kappa shape index (κ3) is 5.08. The first-order valence-corrected chi connectivity index (χ1v) is 12.9. The lowest BCUT2D eigenvalue weighted by Crippen LogP contribution is -2.45. The molecule has 0 spiro atoms. The van der Waals surface area contributed by atoms with E-state index in [4.69, 9.17) is 0 Å². The number of benzene rings is 3. The minimum absolute atomic E-state index is 0.0405. The Morgan fingerprint density at radius 2 is 1.36 bits per heavy atom. The van der Waals surface area contributed by atoms with Crippen LogP contribution >= 0.6 is 0 Å². The van der Waals surface area contributed by atoms with Crippen LogP contribution in [0.1, 0.15) is 42.2 Å². The van der Waals surface area contributed by atoms with Crippen molar-refractivity contribution in [2.75, 3.05) is 24.0 Å². The molecule has 0 fully saturated rings. The van der Waals surface area contributed by atoms with Gasteiger partial charge in [-0.1, -0.05) is 24.3 Å². The number of allylic oxidation sites excluding steroid dienone is 1. The number of amides is 1. The fraction of sp³-hybridized carbons (Fsp3) is 0.0938. The van der Waals surface area contributed by atoms with Crippen LogP contribution in [-0.2, 0) is 0 Å². The van der Waals surface area contributed by atoms with E-state index >= 15 is 0 Å². The highest BCUT2D eigenvalue weighted by molar-refractivity contribution is 6.08. The number of nitrogens with zero attached hydrogens (tertiary/aromatic N) is 4. The zero-order valence-electron chi connectivity index (χ0n) is 23.0. The number of anilines is 2. The predicted octanol–water partition coefficient (Wildman–Crippen LogP) is 3.30. The minimum Gasteiger partial charge on any atom is -0.478 e. The third-order valence-corrected chi connectivity index (χ3v) is 6.94. The Balaban J connectivity index is 1.67. The van der Waals surface area contributed by atoms with Crippen LogP contribution in [0.4, 0.5) is 11.4 Å². The Bertz CT molecular complexity index is 1940. The number of fused-ring (bicyclic) bond motifs is 1. The Hall–Kier alpha value is -5.77. The zero-order valence-corrected chi connectivity index (χ0v) is 23.0. The van der Waals surface area contributed by atoms with Crippen molar-refractivity contribution in [2.45, 2.75) is 6.92 Å². The lowest BCUT2D eigenvalue weighted by atomic mass is 10.1. The van der Waals surface area contributed by atoms with Gasteiger partial charge >= 0.3 is 11.9 Å². The number of aromatic nitrogens is 1. The van der Waals surface area contributed by atoms with Gasteiger partial charge in [-0.3, -0.25) is 14.2 Å². The predicted molar refractivity (Wildman–Crippen MR) is 159 cm³/mol. The molecule has 1 aliphatic heterocycles. The average molecular weight is 563 g/mol. The second-order valence-corrected chi connectivity index (χ2v) is 9.81. The summed E-state index contributed by atoms with van der Waals surface area (Å²) in [5, 5.41) is 24.4. The molecule has 0 aliphatic carbocycles. The molecule has 0 unspecified atom stereocenters. The molecule has 2 heterocycles. The van der Waals surface area contributed by atoms with Gasteiger partial charge < -0.3 is 15.1 Å². The number of rotatable bonds is 7. The van der Waals surface area contributed by atoms with E-state index in [0.29, 0.717) is 16.9 Å². The summed E-state index contributed by atoms with van der Waals surface area (Å²) >= 11 is 0. The highest BCUT2D eigenvalue weighted by Crippen LogP contribution is 2.22. The van der Waals surface area contributed by atoms with Gasteiger partial charge in [-0.05, 0) is 84.8 Å². The molecule has 42 heavy (non-hydrogen) atoms. The quantitative estimate of drug-likeness (QED) is 0.353. The van der Waals surface area contributed by atoms with E-state index in [-0.39, 0.29) is 27.4 Å². The van der Waals surface area contributed by atoms with E-state index in [9.17, 15) is 29.4 Å². The standard InChI is InChI=1S/C32H26N4O6/c1-19-26(6-4-5-20-7-13-23(14-8-20)34(2)3)29(37)35(24-15-9-21(10-16-24)31(39)40)28-27(19)30(38)36(33-28)25-17-11-22(12-18-25)32(41)42/h4-18H,1-3H3,(H,39,40)(H,41,42)/b5-4+,26-6-. The molecule has 3 aromatic carbocycles. The molecule has 0 saturated heterocycles. The normalized spacial score (nSPS) is 12.9. The number of carboxylic acids is 2. The van der Waals surface area contributed by atoms with Crippen LogP contribution in [-0.4, -0.2) is 46.7 Å². The van der Waals surface area contributed by atoms with Gasteiger partial charge in [0.2, 0.25) is 0 Å². The molecule has 0 bridgehead atoms. The lowest BCUT2D eigenvalue weighted by Gasteiger charge is -2.12. The van der Waals surface area contributed by atoms with E-state index in [1.54, 1.807) is 19.1 Å². The van der Waals surface area contributed by atoms with Crippen molar-refractivity contribution in [2.24, 2.45) is 5.10 Å². The summed E-state index contributed by atoms with van der Waals surface area (Å²) < 4.78 is 1.28. The first-order chi connectivity index (χ1) is 20.1. The van der Waals surface area contributed by atoms with Crippen molar-refractivity contribution in [3.63, 3.8) is 0 Å². The zero-order chi connectivity index (χ0) is 30.1. The van der Waals surface area contributed by atoms with Gasteiger partial charge in [-0.25, -0.2) is 9.59 Å². The molecule has 210 valence electrons. The molecular weight excluding hydrogens is 536 g/mol. The van der Waals surface area contributed by atoms with Gasteiger partial charge in [0.15, 0.2) is 5.49 Å². The van der Waals surface area contributed by atoms with Crippen molar-refractivity contribution < 1.29 is 24.6 Å². The number of carbonyl (C=O) groups excluding carboxylic acids is 1. The molecule has 1 amide bonds. The molecule has 4 aromatic rings. The maximum Gasteiger partial charge on any atom is 0.335 e. The number of hydrogen-bond acceptors (Lipinski definition) is 6. The summed E-state index contributed by atoms with van der Waals surface area (Å²) in [6, 6.07) is 19.2. The highest BCUT2D eigenvalue weighted by Gasteiger charge is 2.31. The highest BCUT2D eigenvalue weighted by atomic mass is 16.4. The maximum atomic E-state index is 13.9. The van der Waals surface area contributed by atoms with Gasteiger partial charge in [0.05, 0.1) is 28.1 Å². The van der Waals surface area contributed by atoms with Gasteiger partial charge in [-0.15, -0.1) is 5.10 Å². The summed E-state index contributed by atoms with van der Waals surface area (Å²) in [5.41, 5.74) is 3.00. The van der Waals surface area contributed by atoms with Gasteiger partial charge in [0.25, 0.3) is 11.5 Å². The third-order valence-electron chi connectivity index (χ3n) is 6.94. The summed E-state index contributed by atoms with van der Waals surface area (Å²) in [6.45, 7) is 1.67. The van der Waals surface area contributed by atoms with Crippen molar-refractivity contribution in [3.05, 3.63) is 128 Å². The second kappa shape index (κ2) is 11.0. The van der Waals surface area contributed by atoms with Crippen molar-refractivity contribution in [3.8, 4) is 5.69 Å².